The number of ether oxygens (including phenoxy) is 1. The Hall–Kier alpha value is -1.39. The van der Waals surface area contributed by atoms with Crippen molar-refractivity contribution in [1.82, 2.24) is 10.3 Å². The molecular formula is C16H19BrN2O. The van der Waals surface area contributed by atoms with Crippen molar-refractivity contribution in [2.45, 2.75) is 33.4 Å². The number of aromatic nitrogens is 1. The van der Waals surface area contributed by atoms with Crippen LogP contribution in [0.4, 0.5) is 0 Å². The van der Waals surface area contributed by atoms with Gasteiger partial charge in [-0.3, -0.25) is 4.98 Å². The molecule has 0 saturated heterocycles. The van der Waals surface area contributed by atoms with Crippen molar-refractivity contribution in [1.29, 1.82) is 0 Å². The van der Waals surface area contributed by atoms with E-state index in [1.807, 2.05) is 37.3 Å². The number of hydrogen-bond donors (Lipinski definition) is 1. The van der Waals surface area contributed by atoms with Crippen molar-refractivity contribution >= 4 is 15.9 Å². The molecular weight excluding hydrogens is 316 g/mol. The highest BCUT2D eigenvalue weighted by Gasteiger charge is 2.04. The van der Waals surface area contributed by atoms with E-state index in [9.17, 15) is 0 Å². The molecule has 2 aromatic rings. The van der Waals surface area contributed by atoms with Crippen molar-refractivity contribution in [3.8, 4) is 11.5 Å². The van der Waals surface area contributed by atoms with E-state index in [2.05, 4.69) is 40.1 Å². The fraction of sp³-hybridized carbons (Fsp3) is 0.312. The molecule has 1 aromatic carbocycles. The van der Waals surface area contributed by atoms with E-state index >= 15 is 0 Å². The number of aryl methyl sites for hydroxylation is 1. The van der Waals surface area contributed by atoms with E-state index in [1.165, 1.54) is 0 Å². The zero-order valence-corrected chi connectivity index (χ0v) is 13.6. The van der Waals surface area contributed by atoms with Gasteiger partial charge in [0.1, 0.15) is 11.5 Å². The van der Waals surface area contributed by atoms with Gasteiger partial charge in [0, 0.05) is 29.3 Å². The zero-order chi connectivity index (χ0) is 14.5. The molecule has 0 aliphatic heterocycles. The lowest BCUT2D eigenvalue weighted by molar-refractivity contribution is 0.475. The first-order valence-corrected chi connectivity index (χ1v) is 7.46. The molecule has 0 aliphatic carbocycles. The summed E-state index contributed by atoms with van der Waals surface area (Å²) >= 11 is 3.46. The Morgan fingerprint density at radius 2 is 2.05 bits per heavy atom. The van der Waals surface area contributed by atoms with Crippen LogP contribution >= 0.6 is 15.9 Å². The maximum atomic E-state index is 5.94. The first kappa shape index (κ1) is 15.0. The largest absolute Gasteiger partial charge is 0.457 e. The van der Waals surface area contributed by atoms with Crippen molar-refractivity contribution in [2.75, 3.05) is 0 Å². The predicted molar refractivity (Wildman–Crippen MR) is 85.2 cm³/mol. The summed E-state index contributed by atoms with van der Waals surface area (Å²) in [5, 5.41) is 3.35. The van der Waals surface area contributed by atoms with Gasteiger partial charge in [0.2, 0.25) is 0 Å². The topological polar surface area (TPSA) is 34.1 Å². The highest BCUT2D eigenvalue weighted by atomic mass is 79.9. The number of hydrogen-bond acceptors (Lipinski definition) is 3. The highest BCUT2D eigenvalue weighted by molar-refractivity contribution is 9.10. The van der Waals surface area contributed by atoms with Gasteiger partial charge < -0.3 is 10.1 Å². The lowest BCUT2D eigenvalue weighted by Gasteiger charge is -2.11. The van der Waals surface area contributed by atoms with Crippen LogP contribution in [0.1, 0.15) is 25.1 Å². The van der Waals surface area contributed by atoms with Crippen LogP contribution in [0, 0.1) is 6.92 Å². The molecule has 4 heteroatoms. The number of benzene rings is 1. The molecule has 0 saturated carbocycles. The van der Waals surface area contributed by atoms with Crippen LogP contribution in [0.15, 0.2) is 41.0 Å². The van der Waals surface area contributed by atoms with Gasteiger partial charge in [-0.25, -0.2) is 0 Å². The van der Waals surface area contributed by atoms with Crippen LogP contribution in [0.2, 0.25) is 0 Å². The van der Waals surface area contributed by atoms with Crippen molar-refractivity contribution in [3.05, 3.63) is 52.3 Å². The Kier molecular flexibility index (Phi) is 5.15. The summed E-state index contributed by atoms with van der Waals surface area (Å²) in [5.41, 5.74) is 2.08. The Labute approximate surface area is 128 Å². The van der Waals surface area contributed by atoms with Gasteiger partial charge in [-0.1, -0.05) is 35.8 Å². The minimum atomic E-state index is 0.439. The zero-order valence-electron chi connectivity index (χ0n) is 12.0. The van der Waals surface area contributed by atoms with Gasteiger partial charge in [0.25, 0.3) is 0 Å². The maximum Gasteiger partial charge on any atom is 0.131 e. The molecule has 0 fully saturated rings. The number of pyridine rings is 1. The normalized spacial score (nSPS) is 10.8. The van der Waals surface area contributed by atoms with E-state index < -0.39 is 0 Å². The summed E-state index contributed by atoms with van der Waals surface area (Å²) in [5.74, 6) is 1.66. The number of nitrogens with zero attached hydrogens (tertiary/aromatic N) is 1. The number of nitrogens with one attached hydrogen (secondary N) is 1. The number of halogens is 1. The standard InChI is InChI=1S/C16H19BrN2O/c1-11(2)19-10-14-9-15(6-7-18-14)20-16-8-13(17)5-4-12(16)3/h4-9,11,19H,10H2,1-3H3. The highest BCUT2D eigenvalue weighted by Crippen LogP contribution is 2.28. The third-order valence-corrected chi connectivity index (χ3v) is 3.35. The third-order valence-electron chi connectivity index (χ3n) is 2.86. The maximum absolute atomic E-state index is 5.94. The molecule has 3 nitrogen and oxygen atoms in total. The van der Waals surface area contributed by atoms with Gasteiger partial charge in [-0.05, 0) is 30.7 Å². The Morgan fingerprint density at radius 1 is 1.25 bits per heavy atom. The smallest absolute Gasteiger partial charge is 0.131 e. The molecule has 0 spiro atoms. The summed E-state index contributed by atoms with van der Waals surface area (Å²) < 4.78 is 6.95. The van der Waals surface area contributed by atoms with Crippen molar-refractivity contribution in [2.24, 2.45) is 0 Å². The van der Waals surface area contributed by atoms with Gasteiger partial charge in [0.15, 0.2) is 0 Å². The summed E-state index contributed by atoms with van der Waals surface area (Å²) in [7, 11) is 0. The van der Waals surface area contributed by atoms with Crippen LogP contribution in [-0.2, 0) is 6.54 Å². The first-order chi connectivity index (χ1) is 9.54. The molecule has 20 heavy (non-hydrogen) atoms. The third kappa shape index (κ3) is 4.32. The van der Waals surface area contributed by atoms with Gasteiger partial charge >= 0.3 is 0 Å². The molecule has 0 radical (unpaired) electrons. The molecule has 2 rings (SSSR count). The second kappa shape index (κ2) is 6.86. The fourth-order valence-corrected chi connectivity index (χ4v) is 2.08. The summed E-state index contributed by atoms with van der Waals surface area (Å²) in [4.78, 5) is 4.34. The lowest BCUT2D eigenvalue weighted by Crippen LogP contribution is -2.22. The van der Waals surface area contributed by atoms with E-state index in [0.717, 1.165) is 33.8 Å². The summed E-state index contributed by atoms with van der Waals surface area (Å²) in [6.07, 6.45) is 1.78. The molecule has 1 aromatic heterocycles. The Morgan fingerprint density at radius 3 is 2.80 bits per heavy atom. The average Bonchev–Trinajstić information content (AvgIpc) is 2.41. The lowest BCUT2D eigenvalue weighted by atomic mass is 10.2. The quantitative estimate of drug-likeness (QED) is 0.877. The second-order valence-electron chi connectivity index (χ2n) is 5.03. The van der Waals surface area contributed by atoms with E-state index in [-0.39, 0.29) is 0 Å². The number of rotatable bonds is 5. The summed E-state index contributed by atoms with van der Waals surface area (Å²) in [6, 6.07) is 10.3. The molecule has 0 aliphatic rings. The minimum Gasteiger partial charge on any atom is -0.457 e. The monoisotopic (exact) mass is 334 g/mol. The van der Waals surface area contributed by atoms with Crippen LogP contribution in [-0.4, -0.2) is 11.0 Å². The molecule has 1 N–H and O–H groups in total. The van der Waals surface area contributed by atoms with Gasteiger partial charge in [-0.2, -0.15) is 0 Å². The Balaban J connectivity index is 2.13. The minimum absolute atomic E-state index is 0.439. The predicted octanol–water partition coefficient (Wildman–Crippen LogP) is 4.44. The molecule has 0 unspecified atom stereocenters. The summed E-state index contributed by atoms with van der Waals surface area (Å²) in [6.45, 7) is 7.01. The molecule has 1 heterocycles. The fourth-order valence-electron chi connectivity index (χ4n) is 1.74. The van der Waals surface area contributed by atoms with Crippen molar-refractivity contribution in [3.63, 3.8) is 0 Å². The molecule has 0 amide bonds. The second-order valence-corrected chi connectivity index (χ2v) is 5.95. The molecule has 0 atom stereocenters. The van der Waals surface area contributed by atoms with Crippen LogP contribution in [0.5, 0.6) is 11.5 Å². The molecule has 0 bridgehead atoms. The van der Waals surface area contributed by atoms with Crippen LogP contribution in [0.3, 0.4) is 0 Å². The van der Waals surface area contributed by atoms with E-state index in [0.29, 0.717) is 6.04 Å². The van der Waals surface area contributed by atoms with E-state index in [4.69, 9.17) is 4.74 Å². The van der Waals surface area contributed by atoms with Crippen molar-refractivity contribution < 1.29 is 4.74 Å². The molecule has 106 valence electrons. The van der Waals surface area contributed by atoms with Gasteiger partial charge in [-0.15, -0.1) is 0 Å². The average molecular weight is 335 g/mol. The Bertz CT molecular complexity index is 584. The van der Waals surface area contributed by atoms with Crippen LogP contribution < -0.4 is 10.1 Å². The van der Waals surface area contributed by atoms with E-state index in [1.54, 1.807) is 6.20 Å². The SMILES string of the molecule is Cc1ccc(Br)cc1Oc1ccnc(CNC(C)C)c1. The van der Waals surface area contributed by atoms with Gasteiger partial charge in [0.05, 0.1) is 5.69 Å². The first-order valence-electron chi connectivity index (χ1n) is 6.67. The van der Waals surface area contributed by atoms with Crippen LogP contribution in [0.25, 0.3) is 0 Å².